The van der Waals surface area contributed by atoms with Crippen LogP contribution in [0.5, 0.6) is 0 Å². The van der Waals surface area contributed by atoms with Gasteiger partial charge in [-0.25, -0.2) is 0 Å². The van der Waals surface area contributed by atoms with Crippen LogP contribution < -0.4 is 0 Å². The highest BCUT2D eigenvalue weighted by Crippen LogP contribution is 2.16. The van der Waals surface area contributed by atoms with E-state index >= 15 is 0 Å². The molecule has 0 aromatic heterocycles. The summed E-state index contributed by atoms with van der Waals surface area (Å²) < 4.78 is 5.01. The van der Waals surface area contributed by atoms with Gasteiger partial charge >= 0.3 is 0 Å². The Morgan fingerprint density at radius 3 is 2.59 bits per heavy atom. The van der Waals surface area contributed by atoms with E-state index in [-0.39, 0.29) is 24.4 Å². The number of methoxy groups -OCH3 is 1. The highest BCUT2D eigenvalue weighted by atomic mass is 16.5. The zero-order chi connectivity index (χ0) is 15.9. The molecular weight excluding hydrogens is 280 g/mol. The van der Waals surface area contributed by atoms with Gasteiger partial charge in [0.15, 0.2) is 0 Å². The van der Waals surface area contributed by atoms with Crippen LogP contribution in [0.25, 0.3) is 0 Å². The summed E-state index contributed by atoms with van der Waals surface area (Å²) in [5.41, 5.74) is 1.05. The fourth-order valence-electron chi connectivity index (χ4n) is 2.73. The molecular formula is C17H24N2O3. The molecule has 1 aromatic rings. The number of benzene rings is 1. The molecule has 0 radical (unpaired) electrons. The lowest BCUT2D eigenvalue weighted by Crippen LogP contribution is -2.58. The smallest absolute Gasteiger partial charge is 0.245 e. The van der Waals surface area contributed by atoms with Crippen LogP contribution in [0, 0.1) is 0 Å². The third-order valence-electron chi connectivity index (χ3n) is 4.00. The summed E-state index contributed by atoms with van der Waals surface area (Å²) in [5, 5.41) is 0. The van der Waals surface area contributed by atoms with Gasteiger partial charge in [-0.2, -0.15) is 0 Å². The van der Waals surface area contributed by atoms with Crippen molar-refractivity contribution < 1.29 is 14.3 Å². The first-order valence-corrected chi connectivity index (χ1v) is 7.74. The molecule has 1 heterocycles. The van der Waals surface area contributed by atoms with Gasteiger partial charge < -0.3 is 14.5 Å². The Balaban J connectivity index is 1.93. The molecule has 0 aliphatic carbocycles. The van der Waals surface area contributed by atoms with Crippen molar-refractivity contribution in [3.63, 3.8) is 0 Å². The molecule has 0 bridgehead atoms. The zero-order valence-electron chi connectivity index (χ0n) is 13.3. The van der Waals surface area contributed by atoms with Gasteiger partial charge in [-0.3, -0.25) is 9.59 Å². The second-order valence-electron chi connectivity index (χ2n) is 5.64. The molecule has 0 saturated carbocycles. The largest absolute Gasteiger partial charge is 0.385 e. The average Bonchev–Trinajstić information content (AvgIpc) is 2.52. The molecule has 0 spiro atoms. The van der Waals surface area contributed by atoms with Crippen LogP contribution in [-0.2, 0) is 20.9 Å². The second kappa shape index (κ2) is 7.94. The van der Waals surface area contributed by atoms with Gasteiger partial charge in [0.05, 0.1) is 0 Å². The Bertz CT molecular complexity index is 504. The van der Waals surface area contributed by atoms with Crippen LogP contribution >= 0.6 is 0 Å². The number of carbonyl (C=O) groups excluding carboxylic acids is 2. The summed E-state index contributed by atoms with van der Waals surface area (Å²) >= 11 is 0. The molecule has 5 nitrogen and oxygen atoms in total. The Labute approximate surface area is 131 Å². The number of nitrogens with zero attached hydrogens (tertiary/aromatic N) is 2. The number of amides is 2. The van der Waals surface area contributed by atoms with Crippen molar-refractivity contribution >= 4 is 11.8 Å². The quantitative estimate of drug-likeness (QED) is 0.720. The van der Waals surface area contributed by atoms with Crippen molar-refractivity contribution in [1.29, 1.82) is 0 Å². The van der Waals surface area contributed by atoms with Gasteiger partial charge in [-0.1, -0.05) is 30.3 Å². The topological polar surface area (TPSA) is 49.9 Å². The predicted molar refractivity (Wildman–Crippen MR) is 84.1 cm³/mol. The molecule has 0 unspecified atom stereocenters. The fraction of sp³-hybridized carbons (Fsp3) is 0.529. The van der Waals surface area contributed by atoms with Crippen LogP contribution in [0.1, 0.15) is 25.3 Å². The summed E-state index contributed by atoms with van der Waals surface area (Å²) in [6, 6.07) is 9.39. The van der Waals surface area contributed by atoms with Crippen molar-refractivity contribution in [2.45, 2.75) is 32.4 Å². The Hall–Kier alpha value is -1.88. The normalized spacial score (nSPS) is 18.9. The minimum absolute atomic E-state index is 0.0233. The number of rotatable bonds is 7. The van der Waals surface area contributed by atoms with Gasteiger partial charge in [-0.05, 0) is 25.3 Å². The monoisotopic (exact) mass is 304 g/mol. The molecule has 1 saturated heterocycles. The summed E-state index contributed by atoms with van der Waals surface area (Å²) in [5.74, 6) is 0.0515. The minimum Gasteiger partial charge on any atom is -0.385 e. The molecule has 2 rings (SSSR count). The third kappa shape index (κ3) is 4.07. The molecule has 22 heavy (non-hydrogen) atoms. The van der Waals surface area contributed by atoms with E-state index in [4.69, 9.17) is 4.74 Å². The second-order valence-corrected chi connectivity index (χ2v) is 5.64. The number of ether oxygens (including phenoxy) is 1. The number of carbonyl (C=O) groups is 2. The molecule has 0 N–H and O–H groups in total. The maximum atomic E-state index is 12.5. The molecule has 5 heteroatoms. The summed E-state index contributed by atoms with van der Waals surface area (Å²) in [4.78, 5) is 28.1. The Morgan fingerprint density at radius 2 is 1.91 bits per heavy atom. The Morgan fingerprint density at radius 1 is 1.18 bits per heavy atom. The van der Waals surface area contributed by atoms with E-state index in [2.05, 4.69) is 0 Å². The number of unbranched alkanes of at least 4 members (excludes halogenated alkanes) is 1. The molecule has 2 amide bonds. The van der Waals surface area contributed by atoms with Crippen molar-refractivity contribution in [1.82, 2.24) is 9.80 Å². The number of piperazine rings is 1. The van der Waals surface area contributed by atoms with E-state index in [1.54, 1.807) is 16.9 Å². The van der Waals surface area contributed by atoms with E-state index in [9.17, 15) is 9.59 Å². The summed E-state index contributed by atoms with van der Waals surface area (Å²) in [7, 11) is 1.67. The lowest BCUT2D eigenvalue weighted by Gasteiger charge is -2.38. The first-order chi connectivity index (χ1) is 10.6. The van der Waals surface area contributed by atoms with E-state index in [1.807, 2.05) is 37.3 Å². The third-order valence-corrected chi connectivity index (χ3v) is 4.00. The van der Waals surface area contributed by atoms with E-state index < -0.39 is 0 Å². The van der Waals surface area contributed by atoms with Gasteiger partial charge in [0.2, 0.25) is 11.8 Å². The molecule has 1 aromatic carbocycles. The van der Waals surface area contributed by atoms with Crippen LogP contribution in [0.15, 0.2) is 30.3 Å². The highest BCUT2D eigenvalue weighted by molar-refractivity contribution is 5.94. The highest BCUT2D eigenvalue weighted by Gasteiger charge is 2.35. The first-order valence-electron chi connectivity index (χ1n) is 7.74. The van der Waals surface area contributed by atoms with Gasteiger partial charge in [0.1, 0.15) is 12.6 Å². The SMILES string of the molecule is COCCCCN1C(=O)CN(Cc2ccccc2)C(=O)[C@H]1C. The van der Waals surface area contributed by atoms with E-state index in [1.165, 1.54) is 0 Å². The maximum absolute atomic E-state index is 12.5. The predicted octanol–water partition coefficient (Wildman–Crippen LogP) is 1.67. The molecule has 1 atom stereocenters. The van der Waals surface area contributed by atoms with Gasteiger partial charge in [0, 0.05) is 26.8 Å². The molecule has 120 valence electrons. The lowest BCUT2D eigenvalue weighted by atomic mass is 10.1. The van der Waals surface area contributed by atoms with Crippen molar-refractivity contribution in [2.75, 3.05) is 26.8 Å². The number of hydrogen-bond acceptors (Lipinski definition) is 3. The standard InChI is InChI=1S/C17H24N2O3/c1-14-17(21)18(12-15-8-4-3-5-9-15)13-16(20)19(14)10-6-7-11-22-2/h3-5,8-9,14H,6-7,10-13H2,1-2H3/t14-/m1/s1. The zero-order valence-corrected chi connectivity index (χ0v) is 13.3. The van der Waals surface area contributed by atoms with Crippen LogP contribution in [-0.4, -0.2) is 54.5 Å². The Kier molecular flexibility index (Phi) is 5.95. The molecule has 1 aliphatic heterocycles. The lowest BCUT2D eigenvalue weighted by molar-refractivity contribution is -0.155. The maximum Gasteiger partial charge on any atom is 0.245 e. The van der Waals surface area contributed by atoms with Crippen LogP contribution in [0.4, 0.5) is 0 Å². The van der Waals surface area contributed by atoms with Gasteiger partial charge in [-0.15, -0.1) is 0 Å². The van der Waals surface area contributed by atoms with Crippen molar-refractivity contribution in [3.8, 4) is 0 Å². The first kappa shape index (κ1) is 16.5. The number of hydrogen-bond donors (Lipinski definition) is 0. The van der Waals surface area contributed by atoms with E-state index in [0.29, 0.717) is 19.7 Å². The molecule has 1 aliphatic rings. The van der Waals surface area contributed by atoms with Gasteiger partial charge in [0.25, 0.3) is 0 Å². The van der Waals surface area contributed by atoms with Crippen molar-refractivity contribution in [3.05, 3.63) is 35.9 Å². The summed E-state index contributed by atoms with van der Waals surface area (Å²) in [6.45, 7) is 3.78. The average molecular weight is 304 g/mol. The fourth-order valence-corrected chi connectivity index (χ4v) is 2.73. The van der Waals surface area contributed by atoms with E-state index in [0.717, 1.165) is 18.4 Å². The molecule has 1 fully saturated rings. The van der Waals surface area contributed by atoms with Crippen LogP contribution in [0.3, 0.4) is 0 Å². The van der Waals surface area contributed by atoms with Crippen molar-refractivity contribution in [2.24, 2.45) is 0 Å². The minimum atomic E-state index is -0.382. The van der Waals surface area contributed by atoms with Crippen LogP contribution in [0.2, 0.25) is 0 Å². The summed E-state index contributed by atoms with van der Waals surface area (Å²) in [6.07, 6.45) is 1.75.